The van der Waals surface area contributed by atoms with Gasteiger partial charge in [0.25, 0.3) is 0 Å². The van der Waals surface area contributed by atoms with Crippen molar-refractivity contribution >= 4 is 65.7 Å². The minimum Gasteiger partial charge on any atom is -0.352 e. The van der Waals surface area contributed by atoms with Gasteiger partial charge in [-0.1, -0.05) is 104 Å². The number of hydrogen-bond acceptors (Lipinski definition) is 8. The zero-order valence-electron chi connectivity index (χ0n) is 22.4. The Kier molecular flexibility index (Phi) is 11.4. The fraction of sp³-hybridized carbons (Fsp3) is 0.333. The normalized spacial score (nSPS) is 16.1. The number of nitrogens with zero attached hydrogens (tertiary/aromatic N) is 4. The second-order valence-corrected chi connectivity index (χ2v) is 13.5. The van der Waals surface area contributed by atoms with Gasteiger partial charge in [-0.25, -0.2) is 9.98 Å². The first-order valence-electron chi connectivity index (χ1n) is 13.4. The number of rotatable bonds is 10. The Morgan fingerprint density at radius 1 is 0.650 bits per heavy atom. The van der Waals surface area contributed by atoms with E-state index in [4.69, 9.17) is 9.98 Å². The number of aliphatic imine (C=N–C) groups is 2. The molecular weight excluding hydrogens is 668 g/mol. The van der Waals surface area contributed by atoms with Crippen LogP contribution in [0.1, 0.15) is 22.3 Å². The highest BCUT2D eigenvalue weighted by molar-refractivity contribution is 9.10. The van der Waals surface area contributed by atoms with Crippen LogP contribution >= 0.6 is 55.4 Å². The zero-order valence-corrected chi connectivity index (χ0v) is 27.2. The summed E-state index contributed by atoms with van der Waals surface area (Å²) in [4.78, 5) is 14.3. The molecule has 0 atom stereocenters. The number of amidine groups is 2. The maximum Gasteiger partial charge on any atom is 0.159 e. The summed E-state index contributed by atoms with van der Waals surface area (Å²) in [6.07, 6.45) is 2.04. The van der Waals surface area contributed by atoms with Crippen LogP contribution in [0.4, 0.5) is 0 Å². The van der Waals surface area contributed by atoms with Gasteiger partial charge in [-0.15, -0.1) is 0 Å². The van der Waals surface area contributed by atoms with Crippen molar-refractivity contribution in [1.82, 2.24) is 20.4 Å². The van der Waals surface area contributed by atoms with Gasteiger partial charge in [0.05, 0.1) is 26.7 Å². The Balaban J connectivity index is 1.04. The van der Waals surface area contributed by atoms with Gasteiger partial charge in [-0.05, 0) is 59.4 Å². The number of benzene rings is 3. The summed E-state index contributed by atoms with van der Waals surface area (Å²) in [5.74, 6) is 1.81. The van der Waals surface area contributed by atoms with Crippen LogP contribution in [-0.4, -0.2) is 59.9 Å². The van der Waals surface area contributed by atoms with Gasteiger partial charge < -0.3 is 10.6 Å². The van der Waals surface area contributed by atoms with E-state index in [-0.39, 0.29) is 0 Å². The van der Waals surface area contributed by atoms with Crippen molar-refractivity contribution in [2.45, 2.75) is 24.3 Å². The van der Waals surface area contributed by atoms with E-state index in [0.717, 1.165) is 83.4 Å². The SMILES string of the molecule is Brc1cccc(CCN2CN=C(SCc3ccccc3CSC3=NCN(CCc4cccc(Br)c4)CN3)NC2)c1. The van der Waals surface area contributed by atoms with E-state index < -0.39 is 0 Å². The molecule has 210 valence electrons. The Labute approximate surface area is 262 Å². The van der Waals surface area contributed by atoms with Crippen LogP contribution in [0.2, 0.25) is 0 Å². The van der Waals surface area contributed by atoms with E-state index in [1.807, 2.05) is 0 Å². The fourth-order valence-corrected chi connectivity index (χ4v) is 7.15. The molecule has 5 rings (SSSR count). The standard InChI is InChI=1S/C30H34Br2N6S2/c31-27-9-3-5-23(15-27)11-13-37-19-33-29(34-20-37)39-17-25-7-1-2-8-26(25)18-40-30-35-21-38(22-36-30)14-12-24-6-4-10-28(32)16-24/h1-10,15-16H,11-14,17-22H2,(H,33,34)(H,35,36). The summed E-state index contributed by atoms with van der Waals surface area (Å²) < 4.78 is 2.27. The maximum atomic E-state index is 4.79. The van der Waals surface area contributed by atoms with E-state index in [1.165, 1.54) is 22.3 Å². The molecule has 0 aromatic heterocycles. The lowest BCUT2D eigenvalue weighted by atomic mass is 10.1. The van der Waals surface area contributed by atoms with Crippen LogP contribution in [0.25, 0.3) is 0 Å². The molecule has 2 aliphatic heterocycles. The maximum absolute atomic E-state index is 4.79. The molecule has 0 unspecified atom stereocenters. The zero-order chi connectivity index (χ0) is 27.6. The van der Waals surface area contributed by atoms with Crippen molar-refractivity contribution in [1.29, 1.82) is 0 Å². The predicted molar refractivity (Wildman–Crippen MR) is 179 cm³/mol. The van der Waals surface area contributed by atoms with E-state index in [0.29, 0.717) is 0 Å². The molecule has 0 saturated heterocycles. The van der Waals surface area contributed by atoms with Gasteiger partial charge in [0.1, 0.15) is 0 Å². The van der Waals surface area contributed by atoms with E-state index in [1.54, 1.807) is 23.5 Å². The summed E-state index contributed by atoms with van der Waals surface area (Å²) in [5, 5.41) is 9.07. The number of nitrogens with one attached hydrogen (secondary N) is 2. The van der Waals surface area contributed by atoms with Gasteiger partial charge in [-0.2, -0.15) is 0 Å². The third-order valence-electron chi connectivity index (χ3n) is 6.80. The van der Waals surface area contributed by atoms with E-state index >= 15 is 0 Å². The molecule has 0 spiro atoms. The monoisotopic (exact) mass is 700 g/mol. The minimum absolute atomic E-state index is 0.742. The van der Waals surface area contributed by atoms with Crippen LogP contribution in [0.5, 0.6) is 0 Å². The molecule has 0 saturated carbocycles. The highest BCUT2D eigenvalue weighted by Gasteiger charge is 2.15. The first-order chi connectivity index (χ1) is 19.6. The van der Waals surface area contributed by atoms with Crippen molar-refractivity contribution in [2.75, 3.05) is 39.8 Å². The van der Waals surface area contributed by atoms with Crippen molar-refractivity contribution in [3.8, 4) is 0 Å². The van der Waals surface area contributed by atoms with E-state index in [9.17, 15) is 0 Å². The van der Waals surface area contributed by atoms with Crippen LogP contribution in [-0.2, 0) is 24.3 Å². The Hall–Kier alpha value is -1.82. The lowest BCUT2D eigenvalue weighted by molar-refractivity contribution is 0.270. The summed E-state index contributed by atoms with van der Waals surface area (Å²) in [5.41, 5.74) is 5.40. The molecule has 3 aromatic rings. The molecule has 0 amide bonds. The fourth-order valence-electron chi connectivity index (χ4n) is 4.48. The Morgan fingerprint density at radius 3 is 1.52 bits per heavy atom. The van der Waals surface area contributed by atoms with E-state index in [2.05, 4.69) is 125 Å². The minimum atomic E-state index is 0.742. The lowest BCUT2D eigenvalue weighted by Gasteiger charge is -2.27. The third-order valence-corrected chi connectivity index (χ3v) is 9.79. The highest BCUT2D eigenvalue weighted by atomic mass is 79.9. The molecule has 40 heavy (non-hydrogen) atoms. The molecule has 0 radical (unpaired) electrons. The Morgan fingerprint density at radius 2 is 1.12 bits per heavy atom. The highest BCUT2D eigenvalue weighted by Crippen LogP contribution is 2.23. The van der Waals surface area contributed by atoms with Crippen LogP contribution < -0.4 is 10.6 Å². The molecule has 0 bridgehead atoms. The first kappa shape index (κ1) is 29.7. The molecule has 6 nitrogen and oxygen atoms in total. The average Bonchev–Trinajstić information content (AvgIpc) is 2.98. The van der Waals surface area contributed by atoms with Crippen molar-refractivity contribution < 1.29 is 0 Å². The second-order valence-electron chi connectivity index (χ2n) is 9.77. The Bertz CT molecular complexity index is 1230. The van der Waals surface area contributed by atoms with Crippen LogP contribution in [0.3, 0.4) is 0 Å². The van der Waals surface area contributed by atoms with Gasteiger partial charge >= 0.3 is 0 Å². The predicted octanol–water partition coefficient (Wildman–Crippen LogP) is 6.52. The summed E-state index contributed by atoms with van der Waals surface area (Å²) in [6, 6.07) is 25.8. The lowest BCUT2D eigenvalue weighted by Crippen LogP contribution is -2.42. The van der Waals surface area contributed by atoms with Crippen molar-refractivity contribution in [3.05, 3.63) is 104 Å². The van der Waals surface area contributed by atoms with Crippen LogP contribution in [0, 0.1) is 0 Å². The topological polar surface area (TPSA) is 55.3 Å². The van der Waals surface area contributed by atoms with Crippen molar-refractivity contribution in [2.24, 2.45) is 9.98 Å². The molecule has 2 N–H and O–H groups in total. The average molecular weight is 703 g/mol. The first-order valence-corrected chi connectivity index (χ1v) is 17.0. The third kappa shape index (κ3) is 9.36. The number of thioether (sulfide) groups is 2. The van der Waals surface area contributed by atoms with Crippen LogP contribution in [0.15, 0.2) is 91.7 Å². The van der Waals surface area contributed by atoms with Gasteiger partial charge in [0.15, 0.2) is 10.3 Å². The smallest absolute Gasteiger partial charge is 0.159 e. The molecule has 2 heterocycles. The van der Waals surface area contributed by atoms with Gasteiger partial charge in [0.2, 0.25) is 0 Å². The summed E-state index contributed by atoms with van der Waals surface area (Å²) in [6.45, 7) is 5.14. The van der Waals surface area contributed by atoms with Crippen molar-refractivity contribution in [3.63, 3.8) is 0 Å². The summed E-state index contributed by atoms with van der Waals surface area (Å²) >= 11 is 10.7. The molecule has 2 aliphatic rings. The quantitative estimate of drug-likeness (QED) is 0.251. The molecular formula is C30H34Br2N6S2. The largest absolute Gasteiger partial charge is 0.352 e. The molecule has 10 heteroatoms. The number of hydrogen-bond donors (Lipinski definition) is 2. The van der Waals surface area contributed by atoms with Gasteiger partial charge in [-0.3, -0.25) is 9.80 Å². The summed E-state index contributed by atoms with van der Waals surface area (Å²) in [7, 11) is 0. The number of halogens is 2. The second kappa shape index (κ2) is 15.4. The molecule has 0 fully saturated rings. The van der Waals surface area contributed by atoms with Gasteiger partial charge in [0, 0.05) is 33.5 Å². The molecule has 3 aromatic carbocycles. The molecule has 0 aliphatic carbocycles.